The molecule has 0 fully saturated rings. The van der Waals surface area contributed by atoms with Gasteiger partial charge in [0, 0.05) is 10.0 Å². The summed E-state index contributed by atoms with van der Waals surface area (Å²) in [4.78, 5) is 24.4. The van der Waals surface area contributed by atoms with E-state index in [9.17, 15) is 18.0 Å². The van der Waals surface area contributed by atoms with E-state index in [-0.39, 0.29) is 16.2 Å². The lowest BCUT2D eigenvalue weighted by molar-refractivity contribution is 0.0317. The Balaban J connectivity index is 2.21. The number of sulfonamides is 1. The van der Waals surface area contributed by atoms with Crippen molar-refractivity contribution >= 4 is 37.7 Å². The van der Waals surface area contributed by atoms with Crippen LogP contribution in [-0.2, 0) is 14.8 Å². The molecule has 0 bridgehead atoms. The molecule has 2 aromatic carbocycles. The summed E-state index contributed by atoms with van der Waals surface area (Å²) in [5.41, 5.74) is 1.39. The second-order valence-corrected chi connectivity index (χ2v) is 7.88. The molecule has 0 radical (unpaired) electrons. The number of benzene rings is 2. The van der Waals surface area contributed by atoms with Crippen LogP contribution >= 0.6 is 15.9 Å². The number of Topliss-reactive ketones (excluding diaryl/α,β-unsaturated/α-hetero) is 1. The molecule has 0 aliphatic heterocycles. The number of primary sulfonamides is 1. The second kappa shape index (κ2) is 7.47. The molecule has 0 spiro atoms. The average molecular weight is 426 g/mol. The summed E-state index contributed by atoms with van der Waals surface area (Å²) in [5.74, 6) is -1.18. The van der Waals surface area contributed by atoms with Crippen molar-refractivity contribution in [2.24, 2.45) is 5.14 Å². The highest BCUT2D eigenvalue weighted by Crippen LogP contribution is 2.22. The molecule has 1 atom stereocenters. The molecule has 0 aromatic heterocycles. The first-order valence-electron chi connectivity index (χ1n) is 7.24. The maximum atomic E-state index is 12.3. The molecule has 0 heterocycles. The number of esters is 1. The van der Waals surface area contributed by atoms with Crippen LogP contribution < -0.4 is 5.14 Å². The van der Waals surface area contributed by atoms with Gasteiger partial charge in [0.25, 0.3) is 0 Å². The summed E-state index contributed by atoms with van der Waals surface area (Å²) < 4.78 is 28.3. The average Bonchev–Trinajstić information content (AvgIpc) is 2.54. The van der Waals surface area contributed by atoms with Gasteiger partial charge in [0.05, 0.1) is 10.5 Å². The summed E-state index contributed by atoms with van der Waals surface area (Å²) in [7, 11) is -3.96. The van der Waals surface area contributed by atoms with Gasteiger partial charge in [0.2, 0.25) is 15.8 Å². The molecule has 132 valence electrons. The van der Waals surface area contributed by atoms with Crippen molar-refractivity contribution in [2.45, 2.75) is 24.8 Å². The molecule has 2 N–H and O–H groups in total. The molecule has 8 heteroatoms. The zero-order valence-electron chi connectivity index (χ0n) is 13.5. The largest absolute Gasteiger partial charge is 0.451 e. The van der Waals surface area contributed by atoms with E-state index in [0.29, 0.717) is 10.0 Å². The van der Waals surface area contributed by atoms with E-state index >= 15 is 0 Å². The predicted molar refractivity (Wildman–Crippen MR) is 95.9 cm³/mol. The first kappa shape index (κ1) is 19.3. The Hall–Kier alpha value is -2.03. The van der Waals surface area contributed by atoms with Gasteiger partial charge in [0.15, 0.2) is 6.10 Å². The van der Waals surface area contributed by atoms with Crippen LogP contribution in [0.1, 0.15) is 33.2 Å². The molecule has 0 amide bonds. The molecule has 6 nitrogen and oxygen atoms in total. The minimum Gasteiger partial charge on any atom is -0.451 e. The number of aryl methyl sites for hydroxylation is 1. The first-order valence-corrected chi connectivity index (χ1v) is 9.57. The van der Waals surface area contributed by atoms with Gasteiger partial charge in [0.1, 0.15) is 0 Å². The highest BCUT2D eigenvalue weighted by Gasteiger charge is 2.23. The van der Waals surface area contributed by atoms with E-state index in [4.69, 9.17) is 9.88 Å². The van der Waals surface area contributed by atoms with Gasteiger partial charge in [-0.3, -0.25) is 4.79 Å². The van der Waals surface area contributed by atoms with Gasteiger partial charge in [-0.1, -0.05) is 29.8 Å². The third-order valence-electron chi connectivity index (χ3n) is 3.48. The zero-order chi connectivity index (χ0) is 18.8. The van der Waals surface area contributed by atoms with Crippen LogP contribution in [0.4, 0.5) is 0 Å². The number of carbonyl (C=O) groups excluding carboxylic acids is 2. The minimum absolute atomic E-state index is 0.0323. The van der Waals surface area contributed by atoms with Crippen LogP contribution in [0.2, 0.25) is 0 Å². The van der Waals surface area contributed by atoms with Crippen LogP contribution in [0.15, 0.2) is 51.8 Å². The highest BCUT2D eigenvalue weighted by atomic mass is 79.9. The number of carbonyl (C=O) groups is 2. The van der Waals surface area contributed by atoms with E-state index in [1.807, 2.05) is 6.92 Å². The van der Waals surface area contributed by atoms with Crippen molar-refractivity contribution in [1.29, 1.82) is 0 Å². The maximum Gasteiger partial charge on any atom is 0.340 e. The Morgan fingerprint density at radius 2 is 1.72 bits per heavy atom. The smallest absolute Gasteiger partial charge is 0.340 e. The van der Waals surface area contributed by atoms with Crippen LogP contribution in [0.25, 0.3) is 0 Å². The van der Waals surface area contributed by atoms with Crippen molar-refractivity contribution < 1.29 is 22.7 Å². The lowest BCUT2D eigenvalue weighted by atomic mass is 10.1. The molecule has 2 rings (SSSR count). The molecule has 0 aliphatic rings. The van der Waals surface area contributed by atoms with Gasteiger partial charge in [-0.2, -0.15) is 0 Å². The van der Waals surface area contributed by atoms with E-state index in [2.05, 4.69) is 15.9 Å². The number of rotatable bonds is 5. The molecular formula is C17H16BrNO5S. The first-order chi connectivity index (χ1) is 11.6. The van der Waals surface area contributed by atoms with Crippen molar-refractivity contribution in [3.8, 4) is 0 Å². The maximum absolute atomic E-state index is 12.3. The predicted octanol–water partition coefficient (Wildman–Crippen LogP) is 2.83. The summed E-state index contributed by atoms with van der Waals surface area (Å²) in [6, 6.07) is 10.6. The highest BCUT2D eigenvalue weighted by molar-refractivity contribution is 9.10. The van der Waals surface area contributed by atoms with Crippen molar-refractivity contribution in [3.05, 3.63) is 63.6 Å². The molecule has 2 aromatic rings. The fourth-order valence-corrected chi connectivity index (χ4v) is 3.02. The van der Waals surface area contributed by atoms with Crippen LogP contribution in [0, 0.1) is 6.92 Å². The number of nitrogens with two attached hydrogens (primary N) is 1. The standard InChI is InChI=1S/C17H16BrNO5S/c1-10-3-5-12(6-4-10)16(20)11(2)24-17(21)14-9-13(25(19,22)23)7-8-15(14)18/h3-9,11H,1-2H3,(H2,19,22,23). The number of halogens is 1. The fraction of sp³-hybridized carbons (Fsp3) is 0.176. The Bertz CT molecular complexity index is 923. The van der Waals surface area contributed by atoms with E-state index in [1.165, 1.54) is 19.1 Å². The van der Waals surface area contributed by atoms with Crippen LogP contribution in [-0.4, -0.2) is 26.3 Å². The third-order valence-corrected chi connectivity index (χ3v) is 5.08. The van der Waals surface area contributed by atoms with Crippen molar-refractivity contribution in [2.75, 3.05) is 0 Å². The molecule has 0 saturated carbocycles. The normalized spacial score (nSPS) is 12.5. The Morgan fingerprint density at radius 3 is 2.28 bits per heavy atom. The topological polar surface area (TPSA) is 104 Å². The Kier molecular flexibility index (Phi) is 5.76. The summed E-state index contributed by atoms with van der Waals surface area (Å²) >= 11 is 3.16. The molecule has 1 unspecified atom stereocenters. The lowest BCUT2D eigenvalue weighted by Crippen LogP contribution is -2.25. The molecular weight excluding hydrogens is 410 g/mol. The van der Waals surface area contributed by atoms with Crippen LogP contribution in [0.5, 0.6) is 0 Å². The minimum atomic E-state index is -3.96. The van der Waals surface area contributed by atoms with Gasteiger partial charge >= 0.3 is 5.97 Å². The Labute approximate surface area is 154 Å². The third kappa shape index (κ3) is 4.75. The summed E-state index contributed by atoms with van der Waals surface area (Å²) in [5, 5.41) is 5.06. The summed E-state index contributed by atoms with van der Waals surface area (Å²) in [6.07, 6.45) is -1.03. The van der Waals surface area contributed by atoms with E-state index < -0.39 is 22.1 Å². The molecule has 0 saturated heterocycles. The van der Waals surface area contributed by atoms with Gasteiger partial charge in [-0.25, -0.2) is 18.4 Å². The number of hydrogen-bond donors (Lipinski definition) is 1. The molecule has 0 aliphatic carbocycles. The monoisotopic (exact) mass is 425 g/mol. The fourth-order valence-electron chi connectivity index (χ4n) is 2.07. The SMILES string of the molecule is Cc1ccc(C(=O)C(C)OC(=O)c2cc(S(N)(=O)=O)ccc2Br)cc1. The van der Waals surface area contributed by atoms with Crippen molar-refractivity contribution in [3.63, 3.8) is 0 Å². The Morgan fingerprint density at radius 1 is 1.12 bits per heavy atom. The zero-order valence-corrected chi connectivity index (χ0v) is 15.9. The number of hydrogen-bond acceptors (Lipinski definition) is 5. The van der Waals surface area contributed by atoms with Crippen LogP contribution in [0.3, 0.4) is 0 Å². The van der Waals surface area contributed by atoms with E-state index in [0.717, 1.165) is 11.6 Å². The van der Waals surface area contributed by atoms with Gasteiger partial charge < -0.3 is 4.74 Å². The summed E-state index contributed by atoms with van der Waals surface area (Å²) in [6.45, 7) is 3.35. The lowest BCUT2D eigenvalue weighted by Gasteiger charge is -2.13. The van der Waals surface area contributed by atoms with Gasteiger partial charge in [-0.05, 0) is 48.0 Å². The quantitative estimate of drug-likeness (QED) is 0.585. The molecule has 25 heavy (non-hydrogen) atoms. The number of ketones is 1. The van der Waals surface area contributed by atoms with Crippen molar-refractivity contribution in [1.82, 2.24) is 0 Å². The van der Waals surface area contributed by atoms with Gasteiger partial charge in [-0.15, -0.1) is 0 Å². The number of ether oxygens (including phenoxy) is 1. The van der Waals surface area contributed by atoms with E-state index in [1.54, 1.807) is 24.3 Å². The second-order valence-electron chi connectivity index (χ2n) is 5.46.